The van der Waals surface area contributed by atoms with Crippen LogP contribution in [0.2, 0.25) is 0 Å². The molecule has 0 aromatic rings. The molecule has 13 heavy (non-hydrogen) atoms. The van der Waals surface area contributed by atoms with Gasteiger partial charge in [0.25, 0.3) is 0 Å². The van der Waals surface area contributed by atoms with Gasteiger partial charge in [0, 0.05) is 0 Å². The minimum Gasteiger partial charge on any atom is -0.459 e. The average Bonchev–Trinajstić information content (AvgIpc) is 2.34. The first kappa shape index (κ1) is 9.83. The van der Waals surface area contributed by atoms with E-state index in [1.807, 2.05) is 20.8 Å². The van der Waals surface area contributed by atoms with Crippen LogP contribution >= 0.6 is 0 Å². The van der Waals surface area contributed by atoms with Gasteiger partial charge in [0.2, 0.25) is 0 Å². The first-order valence-corrected chi connectivity index (χ1v) is 4.09. The fourth-order valence-electron chi connectivity index (χ4n) is 0.867. The number of rotatable bonds is 2. The highest BCUT2D eigenvalue weighted by Gasteiger charge is 2.19. The van der Waals surface area contributed by atoms with E-state index in [0.717, 1.165) is 0 Å². The third-order valence-electron chi connectivity index (χ3n) is 1.26. The van der Waals surface area contributed by atoms with Gasteiger partial charge < -0.3 is 14.5 Å². The molecule has 1 aliphatic heterocycles. The lowest BCUT2D eigenvalue weighted by atomic mass is 10.2. The highest BCUT2D eigenvalue weighted by atomic mass is 16.6. The molecule has 0 aromatic carbocycles. The van der Waals surface area contributed by atoms with E-state index in [2.05, 4.69) is 9.99 Å². The van der Waals surface area contributed by atoms with Crippen molar-refractivity contribution < 1.29 is 14.4 Å². The van der Waals surface area contributed by atoms with Gasteiger partial charge >= 0.3 is 5.97 Å². The Hall–Kier alpha value is -1.26. The molecule has 0 unspecified atom stereocenters. The normalized spacial score (nSPS) is 15.8. The van der Waals surface area contributed by atoms with E-state index >= 15 is 0 Å². The van der Waals surface area contributed by atoms with Crippen molar-refractivity contribution in [1.29, 1.82) is 0 Å². The van der Waals surface area contributed by atoms with Crippen LogP contribution in [-0.2, 0) is 14.4 Å². The van der Waals surface area contributed by atoms with E-state index in [4.69, 9.17) is 4.74 Å². The van der Waals surface area contributed by atoms with E-state index in [-0.39, 0.29) is 12.5 Å². The van der Waals surface area contributed by atoms with Gasteiger partial charge in [0.1, 0.15) is 18.5 Å². The molecule has 1 heterocycles. The smallest absolute Gasteiger partial charge is 0.326 e. The second kappa shape index (κ2) is 3.64. The second-order valence-corrected chi connectivity index (χ2v) is 3.81. The Balaban J connectivity index is 2.29. The first-order valence-electron chi connectivity index (χ1n) is 4.09. The first-order chi connectivity index (χ1) is 5.97. The molecule has 1 rings (SSSR count). The van der Waals surface area contributed by atoms with Crippen LogP contribution in [0.1, 0.15) is 20.8 Å². The molecule has 1 aliphatic rings. The van der Waals surface area contributed by atoms with Crippen LogP contribution in [0.15, 0.2) is 5.16 Å². The molecule has 0 aromatic heterocycles. The third-order valence-corrected chi connectivity index (χ3v) is 1.26. The molecule has 0 amide bonds. The lowest BCUT2D eigenvalue weighted by Crippen LogP contribution is -2.33. The van der Waals surface area contributed by atoms with Crippen molar-refractivity contribution in [2.45, 2.75) is 26.4 Å². The largest absolute Gasteiger partial charge is 0.459 e. The molecule has 0 saturated heterocycles. The van der Waals surface area contributed by atoms with E-state index in [1.54, 1.807) is 4.90 Å². The fraction of sp³-hybridized carbons (Fsp3) is 0.750. The zero-order chi connectivity index (χ0) is 9.90. The molecule has 0 N–H and O–H groups in total. The molecule has 0 fully saturated rings. The van der Waals surface area contributed by atoms with Crippen LogP contribution < -0.4 is 0 Å². The number of hydrogen-bond donors (Lipinski definition) is 0. The average molecular weight is 186 g/mol. The Morgan fingerprint density at radius 3 is 2.85 bits per heavy atom. The van der Waals surface area contributed by atoms with Crippen LogP contribution in [0.3, 0.4) is 0 Å². The maximum Gasteiger partial charge on any atom is 0.326 e. The maximum atomic E-state index is 11.2. The quantitative estimate of drug-likeness (QED) is 0.591. The van der Waals surface area contributed by atoms with Crippen molar-refractivity contribution in [2.75, 3.05) is 13.3 Å². The van der Waals surface area contributed by atoms with Gasteiger partial charge in [-0.05, 0) is 20.8 Å². The summed E-state index contributed by atoms with van der Waals surface area (Å²) in [6.45, 7) is 6.00. The summed E-state index contributed by atoms with van der Waals surface area (Å²) >= 11 is 0. The molecular weight excluding hydrogens is 172 g/mol. The van der Waals surface area contributed by atoms with Crippen molar-refractivity contribution in [2.24, 2.45) is 5.16 Å². The lowest BCUT2D eigenvalue weighted by molar-refractivity contribution is -0.155. The molecule has 5 nitrogen and oxygen atoms in total. The second-order valence-electron chi connectivity index (χ2n) is 3.81. The summed E-state index contributed by atoms with van der Waals surface area (Å²) in [5.41, 5.74) is -0.436. The number of esters is 1. The van der Waals surface area contributed by atoms with E-state index in [0.29, 0.717) is 6.73 Å². The Morgan fingerprint density at radius 1 is 1.69 bits per heavy atom. The van der Waals surface area contributed by atoms with Gasteiger partial charge in [0.05, 0.1) is 0 Å². The third kappa shape index (κ3) is 3.78. The van der Waals surface area contributed by atoms with Gasteiger partial charge in [-0.1, -0.05) is 5.16 Å². The summed E-state index contributed by atoms with van der Waals surface area (Å²) in [5.74, 6) is -0.274. The van der Waals surface area contributed by atoms with Gasteiger partial charge in [-0.15, -0.1) is 0 Å². The summed E-state index contributed by atoms with van der Waals surface area (Å²) in [6.07, 6.45) is 1.48. The van der Waals surface area contributed by atoms with Crippen LogP contribution in [0.25, 0.3) is 0 Å². The van der Waals surface area contributed by atoms with Crippen LogP contribution in [-0.4, -0.2) is 36.1 Å². The van der Waals surface area contributed by atoms with Gasteiger partial charge in [0.15, 0.2) is 6.73 Å². The topological polar surface area (TPSA) is 51.1 Å². The molecule has 5 heteroatoms. The lowest BCUT2D eigenvalue weighted by Gasteiger charge is -2.20. The van der Waals surface area contributed by atoms with Crippen LogP contribution in [0.4, 0.5) is 0 Å². The maximum absolute atomic E-state index is 11.2. The highest BCUT2D eigenvalue weighted by Crippen LogP contribution is 2.07. The number of carbonyl (C=O) groups is 1. The Bertz CT molecular complexity index is 220. The number of nitrogens with zero attached hydrogens (tertiary/aromatic N) is 2. The minimum atomic E-state index is -0.436. The Kier molecular flexibility index (Phi) is 2.75. The van der Waals surface area contributed by atoms with Gasteiger partial charge in [-0.3, -0.25) is 4.79 Å². The molecule has 0 atom stereocenters. The molecule has 0 radical (unpaired) electrons. The van der Waals surface area contributed by atoms with E-state index in [1.165, 1.54) is 6.34 Å². The van der Waals surface area contributed by atoms with Crippen LogP contribution in [0.5, 0.6) is 0 Å². The molecule has 0 spiro atoms. The summed E-state index contributed by atoms with van der Waals surface area (Å²) in [4.78, 5) is 17.5. The van der Waals surface area contributed by atoms with Crippen molar-refractivity contribution in [3.8, 4) is 0 Å². The van der Waals surface area contributed by atoms with Crippen LogP contribution in [0, 0.1) is 0 Å². The highest BCUT2D eigenvalue weighted by molar-refractivity contribution is 5.75. The van der Waals surface area contributed by atoms with Crippen molar-refractivity contribution in [3.05, 3.63) is 0 Å². The molecule has 0 saturated carbocycles. The zero-order valence-electron chi connectivity index (χ0n) is 8.11. The van der Waals surface area contributed by atoms with E-state index < -0.39 is 5.60 Å². The number of carbonyl (C=O) groups excluding carboxylic acids is 1. The number of ether oxygens (including phenoxy) is 1. The van der Waals surface area contributed by atoms with E-state index in [9.17, 15) is 4.79 Å². The van der Waals surface area contributed by atoms with Crippen molar-refractivity contribution >= 4 is 12.3 Å². The van der Waals surface area contributed by atoms with Gasteiger partial charge in [-0.2, -0.15) is 0 Å². The predicted molar refractivity (Wildman–Crippen MR) is 47.0 cm³/mol. The molecule has 74 valence electrons. The number of oxime groups is 1. The summed E-state index contributed by atoms with van der Waals surface area (Å²) in [7, 11) is 0. The fourth-order valence-corrected chi connectivity index (χ4v) is 0.867. The molecular formula is C8H14N2O3. The standard InChI is InChI=1S/C8H14N2O3/c1-8(2,3)13-7(11)4-10-5-9-12-6-10/h5H,4,6H2,1-3H3. The number of hydrogen-bond acceptors (Lipinski definition) is 5. The predicted octanol–water partition coefficient (Wildman–Crippen LogP) is 0.561. The SMILES string of the molecule is CC(C)(C)OC(=O)CN1C=NOC1. The van der Waals surface area contributed by atoms with Crippen molar-refractivity contribution in [1.82, 2.24) is 4.90 Å². The summed E-state index contributed by atoms with van der Waals surface area (Å²) < 4.78 is 5.10. The zero-order valence-corrected chi connectivity index (χ0v) is 8.11. The Labute approximate surface area is 77.3 Å². The summed E-state index contributed by atoms with van der Waals surface area (Å²) in [6, 6.07) is 0. The monoisotopic (exact) mass is 186 g/mol. The van der Waals surface area contributed by atoms with Gasteiger partial charge in [-0.25, -0.2) is 0 Å². The minimum absolute atomic E-state index is 0.181. The Morgan fingerprint density at radius 2 is 2.38 bits per heavy atom. The molecule has 0 aliphatic carbocycles. The summed E-state index contributed by atoms with van der Waals surface area (Å²) in [5, 5.41) is 3.51. The van der Waals surface area contributed by atoms with Crippen molar-refractivity contribution in [3.63, 3.8) is 0 Å². The molecule has 0 bridgehead atoms.